The van der Waals surface area contributed by atoms with Crippen LogP contribution < -0.4 is 10.1 Å². The van der Waals surface area contributed by atoms with Gasteiger partial charge in [0.25, 0.3) is 0 Å². The van der Waals surface area contributed by atoms with Crippen LogP contribution in [0.25, 0.3) is 0 Å². The topological polar surface area (TPSA) is 61.8 Å². The zero-order valence-corrected chi connectivity index (χ0v) is 13.6. The van der Waals surface area contributed by atoms with Gasteiger partial charge in [-0.15, -0.1) is 0 Å². The number of nitrogens with zero attached hydrogens (tertiary/aromatic N) is 1. The number of amides is 2. The van der Waals surface area contributed by atoms with E-state index in [4.69, 9.17) is 16.3 Å². The number of urea groups is 1. The van der Waals surface area contributed by atoms with Crippen molar-refractivity contribution >= 4 is 17.6 Å². The first kappa shape index (κ1) is 16.9. The number of para-hydroxylation sites is 1. The third-order valence-corrected chi connectivity index (χ3v) is 4.06. The van der Waals surface area contributed by atoms with Crippen LogP contribution in [-0.2, 0) is 0 Å². The van der Waals surface area contributed by atoms with Crippen molar-refractivity contribution < 1.29 is 14.6 Å². The van der Waals surface area contributed by atoms with Gasteiger partial charge in [0, 0.05) is 13.1 Å². The van der Waals surface area contributed by atoms with Gasteiger partial charge in [0.2, 0.25) is 0 Å². The summed E-state index contributed by atoms with van der Waals surface area (Å²) >= 11 is 6.08. The summed E-state index contributed by atoms with van der Waals surface area (Å²) in [5.41, 5.74) is 0. The summed E-state index contributed by atoms with van der Waals surface area (Å²) < 4.78 is 5.84. The summed E-state index contributed by atoms with van der Waals surface area (Å²) in [6.45, 7) is 3.49. The first-order valence-corrected chi connectivity index (χ1v) is 8.10. The number of halogens is 1. The minimum Gasteiger partial charge on any atom is -0.487 e. The van der Waals surface area contributed by atoms with Gasteiger partial charge in [0.1, 0.15) is 11.9 Å². The van der Waals surface area contributed by atoms with Gasteiger partial charge in [-0.3, -0.25) is 0 Å². The fourth-order valence-electron chi connectivity index (χ4n) is 2.44. The molecule has 2 atom stereocenters. The summed E-state index contributed by atoms with van der Waals surface area (Å²) in [6, 6.07) is 7.15. The van der Waals surface area contributed by atoms with Crippen molar-refractivity contribution in [3.8, 4) is 5.75 Å². The Morgan fingerprint density at radius 2 is 2.32 bits per heavy atom. The van der Waals surface area contributed by atoms with Crippen LogP contribution in [0.5, 0.6) is 5.75 Å². The first-order chi connectivity index (χ1) is 10.6. The molecule has 122 valence electrons. The number of likely N-dealkylation sites (tertiary alicyclic amines) is 1. The normalized spacial score (nSPS) is 19.6. The smallest absolute Gasteiger partial charge is 0.317 e. The van der Waals surface area contributed by atoms with Crippen molar-refractivity contribution in [2.45, 2.75) is 38.4 Å². The molecule has 0 aromatic heterocycles. The number of ether oxygens (including phenoxy) is 1. The molecular weight excluding hydrogens is 304 g/mol. The van der Waals surface area contributed by atoms with Crippen LogP contribution in [0.1, 0.15) is 26.2 Å². The second-order valence-corrected chi connectivity index (χ2v) is 5.91. The predicted octanol–water partition coefficient (Wildman–Crippen LogP) is 2.66. The van der Waals surface area contributed by atoms with E-state index in [1.807, 2.05) is 25.1 Å². The molecule has 1 aliphatic rings. The number of hydrogen-bond donors (Lipinski definition) is 2. The van der Waals surface area contributed by atoms with Crippen LogP contribution in [0, 0.1) is 0 Å². The molecule has 1 aromatic carbocycles. The molecule has 2 rings (SSSR count). The van der Waals surface area contributed by atoms with Gasteiger partial charge in [-0.05, 0) is 31.4 Å². The number of hydrogen-bond acceptors (Lipinski definition) is 3. The summed E-state index contributed by atoms with van der Waals surface area (Å²) in [7, 11) is 0. The highest BCUT2D eigenvalue weighted by molar-refractivity contribution is 6.32. The van der Waals surface area contributed by atoms with Gasteiger partial charge in [-0.2, -0.15) is 0 Å². The number of aliphatic hydroxyl groups is 1. The van der Waals surface area contributed by atoms with Crippen molar-refractivity contribution in [1.29, 1.82) is 0 Å². The second kappa shape index (κ2) is 8.25. The lowest BCUT2D eigenvalue weighted by Gasteiger charge is -2.30. The van der Waals surface area contributed by atoms with Crippen LogP contribution >= 0.6 is 11.6 Å². The molecule has 0 bridgehead atoms. The van der Waals surface area contributed by atoms with Crippen molar-refractivity contribution in [2.24, 2.45) is 0 Å². The van der Waals surface area contributed by atoms with Gasteiger partial charge in [0.05, 0.1) is 17.7 Å². The number of β-amino-alcohol motifs (C(OH)–C–C–N with tert-alkyl or cyclic N) is 1. The average Bonchev–Trinajstić information content (AvgIpc) is 2.52. The maximum Gasteiger partial charge on any atom is 0.317 e. The van der Waals surface area contributed by atoms with E-state index in [1.165, 1.54) is 0 Å². The standard InChI is InChI=1S/C16H23ClN2O3/c1-2-13(22-15-8-4-3-7-14(15)17)10-18-16(21)19-9-5-6-12(20)11-19/h3-4,7-8,12-13,20H,2,5-6,9-11H2,1H3,(H,18,21). The third kappa shape index (κ3) is 4.78. The van der Waals surface area contributed by atoms with E-state index in [0.717, 1.165) is 19.3 Å². The quantitative estimate of drug-likeness (QED) is 0.874. The number of carbonyl (C=O) groups is 1. The molecule has 1 fully saturated rings. The van der Waals surface area contributed by atoms with E-state index in [9.17, 15) is 9.90 Å². The highest BCUT2D eigenvalue weighted by atomic mass is 35.5. The number of carbonyl (C=O) groups excluding carboxylic acids is 1. The Morgan fingerprint density at radius 1 is 1.55 bits per heavy atom. The monoisotopic (exact) mass is 326 g/mol. The average molecular weight is 327 g/mol. The molecule has 2 N–H and O–H groups in total. The van der Waals surface area contributed by atoms with Crippen LogP contribution in [0.4, 0.5) is 4.79 Å². The van der Waals surface area contributed by atoms with E-state index in [-0.39, 0.29) is 12.1 Å². The SMILES string of the molecule is CCC(CNC(=O)N1CCCC(O)C1)Oc1ccccc1Cl. The number of aliphatic hydroxyl groups excluding tert-OH is 1. The molecule has 0 aliphatic carbocycles. The minimum atomic E-state index is -0.416. The zero-order chi connectivity index (χ0) is 15.9. The van der Waals surface area contributed by atoms with Gasteiger partial charge in [-0.1, -0.05) is 30.7 Å². The number of benzene rings is 1. The molecule has 0 radical (unpaired) electrons. The van der Waals surface area contributed by atoms with Crippen molar-refractivity contribution in [3.05, 3.63) is 29.3 Å². The summed E-state index contributed by atoms with van der Waals surface area (Å²) in [4.78, 5) is 13.8. The first-order valence-electron chi connectivity index (χ1n) is 7.72. The van der Waals surface area contributed by atoms with Gasteiger partial charge < -0.3 is 20.1 Å². The molecule has 22 heavy (non-hydrogen) atoms. The lowest BCUT2D eigenvalue weighted by atomic mass is 10.1. The molecule has 1 saturated heterocycles. The van der Waals surface area contributed by atoms with E-state index < -0.39 is 6.10 Å². The molecule has 2 amide bonds. The highest BCUT2D eigenvalue weighted by Crippen LogP contribution is 2.24. The fourth-order valence-corrected chi connectivity index (χ4v) is 2.62. The molecule has 1 aliphatic heterocycles. The number of piperidine rings is 1. The van der Waals surface area contributed by atoms with E-state index in [1.54, 1.807) is 11.0 Å². The summed E-state index contributed by atoms with van der Waals surface area (Å²) in [5.74, 6) is 0.624. The number of nitrogens with one attached hydrogen (secondary N) is 1. The summed E-state index contributed by atoms with van der Waals surface area (Å²) in [5, 5.41) is 13.0. The molecular formula is C16H23ClN2O3. The fraction of sp³-hybridized carbons (Fsp3) is 0.562. The van der Waals surface area contributed by atoms with Crippen LogP contribution in [0.3, 0.4) is 0 Å². The van der Waals surface area contributed by atoms with E-state index >= 15 is 0 Å². The second-order valence-electron chi connectivity index (χ2n) is 5.51. The maximum absolute atomic E-state index is 12.1. The lowest BCUT2D eigenvalue weighted by Crippen LogP contribution is -2.49. The van der Waals surface area contributed by atoms with E-state index in [0.29, 0.717) is 30.4 Å². The van der Waals surface area contributed by atoms with Gasteiger partial charge >= 0.3 is 6.03 Å². The predicted molar refractivity (Wildman–Crippen MR) is 86.4 cm³/mol. The molecule has 0 saturated carbocycles. The maximum atomic E-state index is 12.1. The zero-order valence-electron chi connectivity index (χ0n) is 12.8. The van der Waals surface area contributed by atoms with E-state index in [2.05, 4.69) is 5.32 Å². The Hall–Kier alpha value is -1.46. The van der Waals surface area contributed by atoms with Gasteiger partial charge in [0.15, 0.2) is 0 Å². The van der Waals surface area contributed by atoms with Crippen molar-refractivity contribution in [3.63, 3.8) is 0 Å². The van der Waals surface area contributed by atoms with Gasteiger partial charge in [-0.25, -0.2) is 4.79 Å². The van der Waals surface area contributed by atoms with Crippen LogP contribution in [0.2, 0.25) is 5.02 Å². The highest BCUT2D eigenvalue weighted by Gasteiger charge is 2.22. The van der Waals surface area contributed by atoms with Crippen molar-refractivity contribution in [1.82, 2.24) is 10.2 Å². The molecule has 1 aromatic rings. The molecule has 0 spiro atoms. The Kier molecular flexibility index (Phi) is 6.34. The summed E-state index contributed by atoms with van der Waals surface area (Å²) in [6.07, 6.45) is 1.80. The molecule has 2 unspecified atom stereocenters. The lowest BCUT2D eigenvalue weighted by molar-refractivity contribution is 0.0829. The Bertz CT molecular complexity index is 498. The molecule has 5 nitrogen and oxygen atoms in total. The van der Waals surface area contributed by atoms with Crippen LogP contribution in [-0.4, -0.2) is 47.9 Å². The Labute approximate surface area is 136 Å². The third-order valence-electron chi connectivity index (χ3n) is 3.75. The largest absolute Gasteiger partial charge is 0.487 e. The minimum absolute atomic E-state index is 0.140. The Balaban J connectivity index is 1.83. The van der Waals surface area contributed by atoms with Crippen molar-refractivity contribution in [2.75, 3.05) is 19.6 Å². The molecule has 1 heterocycles. The number of rotatable bonds is 5. The molecule has 6 heteroatoms. The Morgan fingerprint density at radius 3 is 3.00 bits per heavy atom. The van der Waals surface area contributed by atoms with Crippen LogP contribution in [0.15, 0.2) is 24.3 Å².